The molecule has 0 unspecified atom stereocenters. The van der Waals surface area contributed by atoms with Crippen LogP contribution in [-0.4, -0.2) is 32.8 Å². The molecule has 1 N–H and O–H groups in total. The first-order valence-corrected chi connectivity index (χ1v) is 8.08. The molecule has 0 aliphatic carbocycles. The molecule has 0 radical (unpaired) electrons. The third-order valence-corrected chi connectivity index (χ3v) is 3.80. The predicted octanol–water partition coefficient (Wildman–Crippen LogP) is 2.31. The van der Waals surface area contributed by atoms with Gasteiger partial charge in [-0.1, -0.05) is 19.1 Å². The molecular formula is C17H28NO2+. The summed E-state index contributed by atoms with van der Waals surface area (Å²) in [6.45, 7) is 7.57. The lowest BCUT2D eigenvalue weighted by Gasteiger charge is -2.23. The fraction of sp³-hybridized carbons (Fsp3) is 0.647. The molecule has 20 heavy (non-hydrogen) atoms. The minimum atomic E-state index is 0.748. The van der Waals surface area contributed by atoms with Crippen LogP contribution < -0.4 is 14.4 Å². The van der Waals surface area contributed by atoms with Crippen molar-refractivity contribution < 1.29 is 14.4 Å². The number of hydrogen-bond donors (Lipinski definition) is 1. The Morgan fingerprint density at radius 3 is 2.25 bits per heavy atom. The van der Waals surface area contributed by atoms with Crippen LogP contribution in [-0.2, 0) is 0 Å². The largest absolute Gasteiger partial charge is 0.490 e. The third-order valence-electron chi connectivity index (χ3n) is 3.80. The maximum Gasteiger partial charge on any atom is 0.161 e. The molecule has 3 nitrogen and oxygen atoms in total. The van der Waals surface area contributed by atoms with Crippen molar-refractivity contribution in [1.29, 1.82) is 0 Å². The Hall–Kier alpha value is -1.22. The van der Waals surface area contributed by atoms with E-state index in [4.69, 9.17) is 9.47 Å². The van der Waals surface area contributed by atoms with Crippen LogP contribution in [0.5, 0.6) is 11.5 Å². The van der Waals surface area contributed by atoms with Gasteiger partial charge in [0.1, 0.15) is 0 Å². The van der Waals surface area contributed by atoms with Gasteiger partial charge in [-0.15, -0.1) is 0 Å². The fourth-order valence-electron chi connectivity index (χ4n) is 2.71. The monoisotopic (exact) mass is 278 g/mol. The number of nitrogens with one attached hydrogen (secondary N) is 1. The summed E-state index contributed by atoms with van der Waals surface area (Å²) in [5.74, 6) is 1.76. The van der Waals surface area contributed by atoms with Crippen molar-refractivity contribution in [3.8, 4) is 11.5 Å². The van der Waals surface area contributed by atoms with Crippen LogP contribution in [0.3, 0.4) is 0 Å². The quantitative estimate of drug-likeness (QED) is 0.738. The molecule has 1 aromatic rings. The molecule has 1 saturated heterocycles. The van der Waals surface area contributed by atoms with Gasteiger partial charge in [-0.25, -0.2) is 0 Å². The third kappa shape index (κ3) is 5.04. The van der Waals surface area contributed by atoms with Gasteiger partial charge in [0, 0.05) is 6.42 Å². The Bertz CT molecular complexity index is 375. The fourth-order valence-corrected chi connectivity index (χ4v) is 2.71. The van der Waals surface area contributed by atoms with Gasteiger partial charge < -0.3 is 14.4 Å². The maximum absolute atomic E-state index is 5.89. The second-order valence-corrected chi connectivity index (χ2v) is 5.56. The van der Waals surface area contributed by atoms with Crippen LogP contribution in [0.2, 0.25) is 0 Å². The number of piperidine rings is 1. The van der Waals surface area contributed by atoms with Gasteiger partial charge in [-0.05, 0) is 37.8 Å². The summed E-state index contributed by atoms with van der Waals surface area (Å²) in [7, 11) is 0. The SMILES string of the molecule is CCCOc1ccccc1OCCC[NH+]1CCCCC1. The molecule has 0 saturated carbocycles. The second kappa shape index (κ2) is 8.85. The van der Waals surface area contributed by atoms with Crippen LogP contribution in [0.25, 0.3) is 0 Å². The number of ether oxygens (including phenoxy) is 2. The smallest absolute Gasteiger partial charge is 0.161 e. The van der Waals surface area contributed by atoms with Gasteiger partial charge in [0.05, 0.1) is 32.8 Å². The van der Waals surface area contributed by atoms with Crippen molar-refractivity contribution >= 4 is 0 Å². The standard InChI is InChI=1S/C17H27NO2/c1-2-14-19-16-9-4-5-10-17(16)20-15-8-13-18-11-6-3-7-12-18/h4-5,9-10H,2-3,6-8,11-15H2,1H3/p+1. The summed E-state index contributed by atoms with van der Waals surface area (Å²) in [4.78, 5) is 1.75. The van der Waals surface area contributed by atoms with E-state index in [1.54, 1.807) is 4.90 Å². The van der Waals surface area contributed by atoms with Gasteiger partial charge in [-0.2, -0.15) is 0 Å². The molecule has 0 aromatic heterocycles. The topological polar surface area (TPSA) is 22.9 Å². The van der Waals surface area contributed by atoms with E-state index in [2.05, 4.69) is 6.92 Å². The predicted molar refractivity (Wildman–Crippen MR) is 81.8 cm³/mol. The average molecular weight is 278 g/mol. The zero-order valence-electron chi connectivity index (χ0n) is 12.7. The van der Waals surface area contributed by atoms with Crippen molar-refractivity contribution in [3.05, 3.63) is 24.3 Å². The van der Waals surface area contributed by atoms with E-state index in [0.717, 1.165) is 37.6 Å². The first-order valence-electron chi connectivity index (χ1n) is 8.08. The summed E-state index contributed by atoms with van der Waals surface area (Å²) in [6, 6.07) is 7.99. The van der Waals surface area contributed by atoms with Crippen LogP contribution in [0.15, 0.2) is 24.3 Å². The highest BCUT2D eigenvalue weighted by Gasteiger charge is 2.12. The summed E-state index contributed by atoms with van der Waals surface area (Å²) >= 11 is 0. The van der Waals surface area contributed by atoms with Crippen LogP contribution in [0, 0.1) is 0 Å². The van der Waals surface area contributed by atoms with Crippen molar-refractivity contribution in [1.82, 2.24) is 0 Å². The Labute approximate surface area is 122 Å². The van der Waals surface area contributed by atoms with Gasteiger partial charge in [0.25, 0.3) is 0 Å². The van der Waals surface area contributed by atoms with E-state index in [0.29, 0.717) is 0 Å². The van der Waals surface area contributed by atoms with Gasteiger partial charge in [-0.3, -0.25) is 0 Å². The van der Waals surface area contributed by atoms with E-state index < -0.39 is 0 Å². The van der Waals surface area contributed by atoms with E-state index in [9.17, 15) is 0 Å². The van der Waals surface area contributed by atoms with Gasteiger partial charge >= 0.3 is 0 Å². The normalized spacial score (nSPS) is 16.1. The minimum Gasteiger partial charge on any atom is -0.490 e. The Morgan fingerprint density at radius 2 is 1.60 bits per heavy atom. The second-order valence-electron chi connectivity index (χ2n) is 5.56. The van der Waals surface area contributed by atoms with Crippen LogP contribution in [0.4, 0.5) is 0 Å². The average Bonchev–Trinajstić information content (AvgIpc) is 2.51. The molecule has 0 atom stereocenters. The van der Waals surface area contributed by atoms with Crippen molar-refractivity contribution in [2.24, 2.45) is 0 Å². The highest BCUT2D eigenvalue weighted by Crippen LogP contribution is 2.26. The lowest BCUT2D eigenvalue weighted by molar-refractivity contribution is -0.905. The number of para-hydroxylation sites is 2. The van der Waals surface area contributed by atoms with E-state index in [-0.39, 0.29) is 0 Å². The zero-order chi connectivity index (χ0) is 14.0. The molecule has 1 heterocycles. The number of quaternary nitrogens is 1. The summed E-state index contributed by atoms with van der Waals surface area (Å²) in [6.07, 6.45) is 6.35. The molecule has 1 fully saturated rings. The molecule has 1 aromatic carbocycles. The molecule has 3 heteroatoms. The summed E-state index contributed by atoms with van der Waals surface area (Å²) in [5, 5.41) is 0. The van der Waals surface area contributed by atoms with Gasteiger partial charge in [0.2, 0.25) is 0 Å². The molecule has 112 valence electrons. The molecule has 2 rings (SSSR count). The Morgan fingerprint density at radius 1 is 0.950 bits per heavy atom. The van der Waals surface area contributed by atoms with Crippen LogP contribution in [0.1, 0.15) is 39.0 Å². The first kappa shape index (κ1) is 15.2. The van der Waals surface area contributed by atoms with Crippen LogP contribution >= 0.6 is 0 Å². The Kier molecular flexibility index (Phi) is 6.72. The number of hydrogen-bond acceptors (Lipinski definition) is 2. The lowest BCUT2D eigenvalue weighted by Crippen LogP contribution is -3.12. The number of likely N-dealkylation sites (tertiary alicyclic amines) is 1. The minimum absolute atomic E-state index is 0.748. The van der Waals surface area contributed by atoms with E-state index in [1.165, 1.54) is 38.9 Å². The summed E-state index contributed by atoms with van der Waals surface area (Å²) < 4.78 is 11.6. The highest BCUT2D eigenvalue weighted by atomic mass is 16.5. The molecule has 1 aliphatic heterocycles. The lowest BCUT2D eigenvalue weighted by atomic mass is 10.1. The maximum atomic E-state index is 5.89. The van der Waals surface area contributed by atoms with Crippen molar-refractivity contribution in [2.45, 2.75) is 39.0 Å². The molecule has 0 amide bonds. The molecule has 0 bridgehead atoms. The summed E-state index contributed by atoms with van der Waals surface area (Å²) in [5.41, 5.74) is 0. The van der Waals surface area contributed by atoms with Crippen molar-refractivity contribution in [3.63, 3.8) is 0 Å². The number of benzene rings is 1. The molecule has 1 aliphatic rings. The van der Waals surface area contributed by atoms with E-state index >= 15 is 0 Å². The van der Waals surface area contributed by atoms with Gasteiger partial charge in [0.15, 0.2) is 11.5 Å². The first-order chi connectivity index (χ1) is 9.90. The number of rotatable bonds is 8. The Balaban J connectivity index is 1.70. The van der Waals surface area contributed by atoms with E-state index in [1.807, 2.05) is 24.3 Å². The molecule has 0 spiro atoms. The highest BCUT2D eigenvalue weighted by molar-refractivity contribution is 5.39. The zero-order valence-corrected chi connectivity index (χ0v) is 12.7. The molecular weight excluding hydrogens is 250 g/mol. The van der Waals surface area contributed by atoms with Crippen molar-refractivity contribution in [2.75, 3.05) is 32.8 Å².